The molecule has 1 heterocycles. The normalized spacial score (nSPS) is 20.8. The fourth-order valence-electron chi connectivity index (χ4n) is 3.26. The van der Waals surface area contributed by atoms with Crippen LogP contribution in [0, 0.1) is 0 Å². The molecular weight excluding hydrogens is 398 g/mol. The van der Waals surface area contributed by atoms with E-state index in [1.54, 1.807) is 24.3 Å². The Morgan fingerprint density at radius 3 is 2.70 bits per heavy atom. The number of carbonyl (C=O) groups is 2. The average Bonchev–Trinajstić information content (AvgIpc) is 2.84. The molecule has 0 radical (unpaired) electrons. The number of nitrogens with one attached hydrogen (secondary N) is 2. The Morgan fingerprint density at radius 2 is 2.10 bits per heavy atom. The van der Waals surface area contributed by atoms with Gasteiger partial charge in [-0.3, -0.25) is 14.9 Å². The molecule has 158 valence electrons. The van der Waals surface area contributed by atoms with Gasteiger partial charge in [-0.05, 0) is 41.8 Å². The van der Waals surface area contributed by atoms with E-state index in [1.807, 2.05) is 0 Å². The highest BCUT2D eigenvalue weighted by atomic mass is 19.3. The summed E-state index contributed by atoms with van der Waals surface area (Å²) in [7, 11) is 1.40. The zero-order valence-electron chi connectivity index (χ0n) is 16.0. The van der Waals surface area contributed by atoms with Gasteiger partial charge in [-0.1, -0.05) is 24.3 Å². The van der Waals surface area contributed by atoms with E-state index in [9.17, 15) is 18.4 Å². The second-order valence-corrected chi connectivity index (χ2v) is 6.47. The van der Waals surface area contributed by atoms with Crippen LogP contribution in [0.25, 0.3) is 0 Å². The Labute approximate surface area is 171 Å². The Bertz CT molecular complexity index is 954. The van der Waals surface area contributed by atoms with E-state index in [4.69, 9.17) is 10.5 Å². The minimum atomic E-state index is -2.97. The van der Waals surface area contributed by atoms with Crippen LogP contribution in [0.3, 0.4) is 0 Å². The highest BCUT2D eigenvalue weighted by Gasteiger charge is 2.47. The number of amides is 2. The highest BCUT2D eigenvalue weighted by Crippen LogP contribution is 2.40. The first-order valence-corrected chi connectivity index (χ1v) is 8.94. The molecule has 30 heavy (non-hydrogen) atoms. The van der Waals surface area contributed by atoms with E-state index >= 15 is 0 Å². The number of alkyl halides is 2. The van der Waals surface area contributed by atoms with Gasteiger partial charge in [0.2, 0.25) is 5.91 Å². The molecular formula is C20H20F2N4O4. The zero-order valence-corrected chi connectivity index (χ0v) is 16.0. The molecule has 2 amide bonds. The van der Waals surface area contributed by atoms with E-state index in [0.29, 0.717) is 23.3 Å². The molecule has 0 saturated heterocycles. The van der Waals surface area contributed by atoms with Crippen molar-refractivity contribution in [1.29, 1.82) is 0 Å². The number of nitrogens with two attached hydrogens (primary N) is 1. The SMILES string of the molecule is COCC(=O)NC1=CC=CCC([C@@]2(c3ccc(OC(F)F)cc3)N=C(N)NC2=O)=C1. The van der Waals surface area contributed by atoms with Crippen LogP contribution < -0.4 is 21.1 Å². The minimum Gasteiger partial charge on any atom is -0.435 e. The van der Waals surface area contributed by atoms with Crippen LogP contribution in [0.4, 0.5) is 8.78 Å². The highest BCUT2D eigenvalue weighted by molar-refractivity contribution is 6.09. The fraction of sp³-hybridized carbons (Fsp3) is 0.250. The van der Waals surface area contributed by atoms with Gasteiger partial charge in [0, 0.05) is 12.8 Å². The lowest BCUT2D eigenvalue weighted by molar-refractivity contribution is -0.124. The maximum absolute atomic E-state index is 13.0. The first-order chi connectivity index (χ1) is 14.3. The van der Waals surface area contributed by atoms with E-state index in [1.165, 1.54) is 31.4 Å². The topological polar surface area (TPSA) is 115 Å². The van der Waals surface area contributed by atoms with E-state index in [0.717, 1.165) is 0 Å². The van der Waals surface area contributed by atoms with Gasteiger partial charge in [-0.2, -0.15) is 8.78 Å². The summed E-state index contributed by atoms with van der Waals surface area (Å²) in [5.74, 6) is -0.986. The molecule has 0 unspecified atom stereocenters. The Hall–Kier alpha value is -3.53. The van der Waals surface area contributed by atoms with Crippen LogP contribution in [-0.2, 0) is 19.9 Å². The van der Waals surface area contributed by atoms with Gasteiger partial charge in [0.05, 0.1) is 0 Å². The van der Waals surface area contributed by atoms with Crippen LogP contribution in [0.2, 0.25) is 0 Å². The summed E-state index contributed by atoms with van der Waals surface area (Å²) < 4.78 is 34.1. The molecule has 1 atom stereocenters. The summed E-state index contributed by atoms with van der Waals surface area (Å²) in [4.78, 5) is 29.2. The predicted octanol–water partition coefficient (Wildman–Crippen LogP) is 1.46. The van der Waals surface area contributed by atoms with Crippen molar-refractivity contribution in [2.45, 2.75) is 18.6 Å². The first-order valence-electron chi connectivity index (χ1n) is 8.94. The lowest BCUT2D eigenvalue weighted by Crippen LogP contribution is -2.40. The van der Waals surface area contributed by atoms with Crippen LogP contribution in [0.1, 0.15) is 12.0 Å². The van der Waals surface area contributed by atoms with Crippen molar-refractivity contribution in [3.8, 4) is 5.75 Å². The summed E-state index contributed by atoms with van der Waals surface area (Å²) in [5.41, 5.74) is 5.64. The maximum Gasteiger partial charge on any atom is 0.387 e. The van der Waals surface area contributed by atoms with Gasteiger partial charge in [0.15, 0.2) is 11.5 Å². The monoisotopic (exact) mass is 418 g/mol. The molecule has 1 aliphatic carbocycles. The van der Waals surface area contributed by atoms with Gasteiger partial charge in [0.1, 0.15) is 12.4 Å². The lowest BCUT2D eigenvalue weighted by atomic mass is 9.80. The number of allylic oxidation sites excluding steroid dienone is 4. The van der Waals surface area contributed by atoms with Crippen molar-refractivity contribution in [2.75, 3.05) is 13.7 Å². The molecule has 0 bridgehead atoms. The summed E-state index contributed by atoms with van der Waals surface area (Å²) >= 11 is 0. The lowest BCUT2D eigenvalue weighted by Gasteiger charge is -2.27. The second kappa shape index (κ2) is 8.87. The summed E-state index contributed by atoms with van der Waals surface area (Å²) in [6.45, 7) is -3.10. The molecule has 4 N–H and O–H groups in total. The second-order valence-electron chi connectivity index (χ2n) is 6.47. The summed E-state index contributed by atoms with van der Waals surface area (Å²) in [5, 5.41) is 5.19. The molecule has 2 aliphatic rings. The van der Waals surface area contributed by atoms with Crippen molar-refractivity contribution < 1.29 is 27.8 Å². The Kier molecular flexibility index (Phi) is 6.26. The molecule has 1 aliphatic heterocycles. The molecule has 0 spiro atoms. The summed E-state index contributed by atoms with van der Waals surface area (Å²) in [6, 6.07) is 5.60. The number of hydrogen-bond donors (Lipinski definition) is 3. The molecule has 1 aromatic rings. The Balaban J connectivity index is 2.03. The average molecular weight is 418 g/mol. The largest absolute Gasteiger partial charge is 0.435 e. The predicted molar refractivity (Wildman–Crippen MR) is 104 cm³/mol. The molecule has 1 aromatic carbocycles. The van der Waals surface area contributed by atoms with Crippen molar-refractivity contribution in [2.24, 2.45) is 10.7 Å². The number of aliphatic imine (C=N–C) groups is 1. The number of hydrogen-bond acceptors (Lipinski definition) is 6. The minimum absolute atomic E-state index is 0.0542. The van der Waals surface area contributed by atoms with E-state index in [2.05, 4.69) is 20.4 Å². The summed E-state index contributed by atoms with van der Waals surface area (Å²) in [6.07, 6.45) is 7.18. The number of carbonyl (C=O) groups excluding carboxylic acids is 2. The van der Waals surface area contributed by atoms with Crippen molar-refractivity contribution in [1.82, 2.24) is 10.6 Å². The maximum atomic E-state index is 13.0. The number of benzene rings is 1. The number of nitrogens with zero attached hydrogens (tertiary/aromatic N) is 1. The van der Waals surface area contributed by atoms with Crippen LogP contribution in [-0.4, -0.2) is 38.1 Å². The number of guanidine groups is 1. The third-order valence-electron chi connectivity index (χ3n) is 4.46. The van der Waals surface area contributed by atoms with Crippen LogP contribution in [0.5, 0.6) is 5.75 Å². The number of halogens is 2. The number of ether oxygens (including phenoxy) is 2. The quantitative estimate of drug-likeness (QED) is 0.620. The van der Waals surface area contributed by atoms with Crippen LogP contribution in [0.15, 0.2) is 64.8 Å². The molecule has 0 fully saturated rings. The molecule has 8 nitrogen and oxygen atoms in total. The van der Waals surface area contributed by atoms with Gasteiger partial charge < -0.3 is 20.5 Å². The molecule has 10 heteroatoms. The molecule has 0 aromatic heterocycles. The smallest absolute Gasteiger partial charge is 0.387 e. The number of rotatable bonds is 7. The third kappa shape index (κ3) is 4.38. The molecule has 0 saturated carbocycles. The van der Waals surface area contributed by atoms with Crippen molar-refractivity contribution >= 4 is 17.8 Å². The van der Waals surface area contributed by atoms with Crippen LogP contribution >= 0.6 is 0 Å². The van der Waals surface area contributed by atoms with Gasteiger partial charge in [-0.25, -0.2) is 4.99 Å². The molecule has 3 rings (SSSR count). The third-order valence-corrected chi connectivity index (χ3v) is 4.46. The van der Waals surface area contributed by atoms with Crippen molar-refractivity contribution in [3.63, 3.8) is 0 Å². The van der Waals surface area contributed by atoms with Gasteiger partial charge in [-0.15, -0.1) is 0 Å². The van der Waals surface area contributed by atoms with Crippen molar-refractivity contribution in [3.05, 3.63) is 65.4 Å². The number of methoxy groups -OCH3 is 1. The fourth-order valence-corrected chi connectivity index (χ4v) is 3.26. The van der Waals surface area contributed by atoms with E-state index < -0.39 is 18.1 Å². The van der Waals surface area contributed by atoms with E-state index in [-0.39, 0.29) is 24.2 Å². The van der Waals surface area contributed by atoms with Gasteiger partial charge >= 0.3 is 6.61 Å². The van der Waals surface area contributed by atoms with Gasteiger partial charge in [0.25, 0.3) is 5.91 Å². The first kappa shape index (κ1) is 21.2. The standard InChI is InChI=1S/C20H20F2N4O4/c1-29-11-16(27)24-14-5-3-2-4-13(10-14)20(17(28)25-19(23)26-20)12-6-8-15(9-7-12)30-18(21)22/h2-3,5-10,18H,4,11H2,1H3,(H,24,27)(H3,23,25,26,28)/t20-/m1/s1. The zero-order chi connectivity index (χ0) is 21.7. The Morgan fingerprint density at radius 1 is 1.37 bits per heavy atom.